The van der Waals surface area contributed by atoms with Gasteiger partial charge in [-0.05, 0) is 116 Å². The second-order valence-electron chi connectivity index (χ2n) is 13.4. The molecule has 2 aromatic carbocycles. The lowest BCUT2D eigenvalue weighted by atomic mass is 9.63. The van der Waals surface area contributed by atoms with Crippen molar-refractivity contribution in [3.05, 3.63) is 70.3 Å². The first kappa shape index (κ1) is 31.4. The van der Waals surface area contributed by atoms with Crippen LogP contribution in [-0.2, 0) is 27.8 Å². The summed E-state index contributed by atoms with van der Waals surface area (Å²) in [5.74, 6) is 1.35. The number of methoxy groups -OCH3 is 1. The Morgan fingerprint density at radius 1 is 1.02 bits per heavy atom. The maximum absolute atomic E-state index is 13.7. The molecule has 0 saturated heterocycles. The molecular formula is C35H45ClN2O5S. The summed E-state index contributed by atoms with van der Waals surface area (Å²) in [6, 6.07) is 11.3. The van der Waals surface area contributed by atoms with E-state index in [4.69, 9.17) is 21.1 Å². The van der Waals surface area contributed by atoms with E-state index in [9.17, 15) is 13.2 Å². The first-order valence-electron chi connectivity index (χ1n) is 16.2. The summed E-state index contributed by atoms with van der Waals surface area (Å²) in [4.78, 5) is 16.0. The minimum absolute atomic E-state index is 0.0303. The Kier molecular flexibility index (Phi) is 9.32. The van der Waals surface area contributed by atoms with E-state index in [-0.39, 0.29) is 17.9 Å². The average Bonchev–Trinajstić information content (AvgIpc) is 3.81. The lowest BCUT2D eigenvalue weighted by molar-refractivity contribution is -0.0227. The lowest BCUT2D eigenvalue weighted by Gasteiger charge is -2.48. The number of allylic oxidation sites excluding steroid dienone is 1. The molecule has 238 valence electrons. The van der Waals surface area contributed by atoms with Gasteiger partial charge in [-0.2, -0.15) is 0 Å². The SMILES string of the molecule is CO[C@H]1/C=C/C[C@@H](C)[C@@H](C2CC2)S(=O)(=O)NC(=O)c2ccc3c(c2)N(CCCCc2cc(Cl)ccc2CO3)C[C@H]2[C@H]1C[C@H]2C. The highest BCUT2D eigenvalue weighted by Crippen LogP contribution is 2.46. The first-order valence-corrected chi connectivity index (χ1v) is 18.1. The number of hydrogen-bond donors (Lipinski definition) is 1. The highest BCUT2D eigenvalue weighted by Gasteiger charge is 2.45. The number of rotatable bonds is 2. The quantitative estimate of drug-likeness (QED) is 0.364. The molecular weight excluding hydrogens is 596 g/mol. The number of benzene rings is 2. The normalized spacial score (nSPS) is 31.6. The van der Waals surface area contributed by atoms with Crippen LogP contribution in [0.25, 0.3) is 0 Å². The minimum Gasteiger partial charge on any atom is -0.487 e. The molecule has 1 amide bonds. The molecule has 9 heteroatoms. The van der Waals surface area contributed by atoms with Crippen LogP contribution in [-0.4, -0.2) is 45.9 Å². The van der Waals surface area contributed by atoms with Crippen molar-refractivity contribution in [3.8, 4) is 5.75 Å². The van der Waals surface area contributed by atoms with Gasteiger partial charge in [0.2, 0.25) is 10.0 Å². The van der Waals surface area contributed by atoms with E-state index in [1.165, 1.54) is 5.56 Å². The number of carbonyl (C=O) groups excluding carboxylic acids is 1. The third-order valence-electron chi connectivity index (χ3n) is 10.4. The Bertz CT molecular complexity index is 1510. The third kappa shape index (κ3) is 6.68. The predicted octanol–water partition coefficient (Wildman–Crippen LogP) is 6.78. The monoisotopic (exact) mass is 640 g/mol. The molecule has 0 radical (unpaired) electrons. The van der Waals surface area contributed by atoms with Crippen LogP contribution in [0.2, 0.25) is 5.02 Å². The molecule has 0 aromatic heterocycles. The van der Waals surface area contributed by atoms with E-state index in [2.05, 4.69) is 28.7 Å². The van der Waals surface area contributed by atoms with Crippen LogP contribution in [0, 0.1) is 29.6 Å². The first-order chi connectivity index (χ1) is 21.1. The van der Waals surface area contributed by atoms with Crippen molar-refractivity contribution in [1.29, 1.82) is 0 Å². The van der Waals surface area contributed by atoms with E-state index in [1.54, 1.807) is 13.2 Å². The molecule has 2 aromatic rings. The summed E-state index contributed by atoms with van der Waals surface area (Å²) in [6.07, 6.45) is 10.5. The van der Waals surface area contributed by atoms with Gasteiger partial charge in [0.15, 0.2) is 0 Å². The van der Waals surface area contributed by atoms with Crippen LogP contribution >= 0.6 is 11.6 Å². The molecule has 2 saturated carbocycles. The van der Waals surface area contributed by atoms with Crippen molar-refractivity contribution >= 4 is 33.2 Å². The number of aryl methyl sites for hydroxylation is 1. The highest BCUT2D eigenvalue weighted by molar-refractivity contribution is 7.90. The van der Waals surface area contributed by atoms with Gasteiger partial charge < -0.3 is 14.4 Å². The molecule has 2 fully saturated rings. The second kappa shape index (κ2) is 13.1. The maximum atomic E-state index is 13.7. The summed E-state index contributed by atoms with van der Waals surface area (Å²) in [5, 5.41) is 0.107. The second-order valence-corrected chi connectivity index (χ2v) is 15.7. The number of sulfonamides is 1. The van der Waals surface area contributed by atoms with Gasteiger partial charge in [0.25, 0.3) is 5.91 Å². The Morgan fingerprint density at radius 2 is 1.84 bits per heavy atom. The standard InChI is InChI=1S/C35H45ClN2O5S/c1-22-7-6-9-32(42-3)29-17-23(2)30(29)20-38-16-5-4-8-25-18-28(36)14-12-27(25)21-43-33-15-13-26(19-31(33)38)35(39)37-44(40,41)34(22)24-10-11-24/h6,9,12-15,18-19,22-24,29-30,32,34H,4-5,7-8,10-11,16-17,20-21H2,1-3H3,(H,37,39)/b9-6+/t22-,23-,29-,30-,32+,34+/m1/s1. The highest BCUT2D eigenvalue weighted by atomic mass is 35.5. The molecule has 2 heterocycles. The van der Waals surface area contributed by atoms with Crippen molar-refractivity contribution in [1.82, 2.24) is 4.72 Å². The van der Waals surface area contributed by atoms with Crippen LogP contribution in [0.1, 0.15) is 73.9 Å². The minimum atomic E-state index is -3.89. The maximum Gasteiger partial charge on any atom is 0.264 e. The predicted molar refractivity (Wildman–Crippen MR) is 175 cm³/mol. The summed E-state index contributed by atoms with van der Waals surface area (Å²) in [5.41, 5.74) is 3.44. The number of ether oxygens (including phenoxy) is 2. The number of hydrogen-bond acceptors (Lipinski definition) is 6. The molecule has 0 unspecified atom stereocenters. The molecule has 0 spiro atoms. The summed E-state index contributed by atoms with van der Waals surface area (Å²) in [7, 11) is -2.12. The Hall–Kier alpha value is -2.55. The van der Waals surface area contributed by atoms with Gasteiger partial charge in [-0.3, -0.25) is 4.79 Å². The summed E-state index contributed by atoms with van der Waals surface area (Å²) in [6.45, 7) is 6.28. The van der Waals surface area contributed by atoms with E-state index in [0.717, 1.165) is 67.9 Å². The number of carbonyl (C=O) groups is 1. The van der Waals surface area contributed by atoms with Gasteiger partial charge in [-0.25, -0.2) is 13.1 Å². The van der Waals surface area contributed by atoms with Crippen molar-refractivity contribution < 1.29 is 22.7 Å². The van der Waals surface area contributed by atoms with Gasteiger partial charge >= 0.3 is 0 Å². The molecule has 6 atom stereocenters. The van der Waals surface area contributed by atoms with E-state index >= 15 is 0 Å². The van der Waals surface area contributed by atoms with Gasteiger partial charge in [-0.1, -0.05) is 43.7 Å². The molecule has 4 aliphatic rings. The number of nitrogens with one attached hydrogen (secondary N) is 1. The number of nitrogens with zero attached hydrogens (tertiary/aromatic N) is 1. The average molecular weight is 641 g/mol. The smallest absolute Gasteiger partial charge is 0.264 e. The summed E-state index contributed by atoms with van der Waals surface area (Å²) < 4.78 is 42.4. The lowest BCUT2D eigenvalue weighted by Crippen LogP contribution is -2.49. The molecule has 2 aliphatic carbocycles. The van der Waals surface area contributed by atoms with Crippen molar-refractivity contribution in [2.45, 2.75) is 76.8 Å². The van der Waals surface area contributed by atoms with Gasteiger partial charge in [0.05, 0.1) is 17.0 Å². The number of fused-ring (bicyclic) bond motifs is 3. The molecule has 2 bridgehead atoms. The number of halogens is 1. The van der Waals surface area contributed by atoms with Crippen LogP contribution in [0.4, 0.5) is 5.69 Å². The van der Waals surface area contributed by atoms with Gasteiger partial charge in [-0.15, -0.1) is 0 Å². The van der Waals surface area contributed by atoms with Crippen molar-refractivity contribution in [3.63, 3.8) is 0 Å². The Labute approximate surface area is 267 Å². The molecule has 6 rings (SSSR count). The topological polar surface area (TPSA) is 84.9 Å². The fourth-order valence-electron chi connectivity index (χ4n) is 7.69. The summed E-state index contributed by atoms with van der Waals surface area (Å²) >= 11 is 6.35. The molecule has 1 N–H and O–H groups in total. The van der Waals surface area contributed by atoms with Crippen molar-refractivity contribution in [2.75, 3.05) is 25.1 Å². The zero-order valence-corrected chi connectivity index (χ0v) is 27.6. The molecule has 44 heavy (non-hydrogen) atoms. The van der Waals surface area contributed by atoms with Crippen LogP contribution in [0.5, 0.6) is 5.75 Å². The van der Waals surface area contributed by atoms with Crippen molar-refractivity contribution in [2.24, 2.45) is 29.6 Å². The molecule has 7 nitrogen and oxygen atoms in total. The van der Waals surface area contributed by atoms with E-state index in [0.29, 0.717) is 42.1 Å². The third-order valence-corrected chi connectivity index (χ3v) is 12.6. The van der Waals surface area contributed by atoms with E-state index < -0.39 is 21.2 Å². The van der Waals surface area contributed by atoms with E-state index in [1.807, 2.05) is 37.3 Å². The zero-order valence-electron chi connectivity index (χ0n) is 26.0. The number of amides is 1. The van der Waals surface area contributed by atoms with Crippen LogP contribution < -0.4 is 14.4 Å². The Morgan fingerprint density at radius 3 is 2.59 bits per heavy atom. The number of anilines is 1. The zero-order chi connectivity index (χ0) is 31.0. The fraction of sp³-hybridized carbons (Fsp3) is 0.571. The Balaban J connectivity index is 1.40. The fourth-order valence-corrected chi connectivity index (χ4v) is 9.90. The van der Waals surface area contributed by atoms with Gasteiger partial charge in [0.1, 0.15) is 12.4 Å². The molecule has 2 aliphatic heterocycles. The van der Waals surface area contributed by atoms with Gasteiger partial charge in [0, 0.05) is 30.8 Å². The van der Waals surface area contributed by atoms with Crippen LogP contribution in [0.15, 0.2) is 48.6 Å². The van der Waals surface area contributed by atoms with Crippen LogP contribution in [0.3, 0.4) is 0 Å². The largest absolute Gasteiger partial charge is 0.487 e.